The highest BCUT2D eigenvalue weighted by Crippen LogP contribution is 2.38. The zero-order valence-electron chi connectivity index (χ0n) is 16.7. The summed E-state index contributed by atoms with van der Waals surface area (Å²) in [5.41, 5.74) is 6.97. The van der Waals surface area contributed by atoms with Crippen molar-refractivity contribution in [2.45, 2.75) is 6.92 Å². The summed E-state index contributed by atoms with van der Waals surface area (Å²) in [5, 5.41) is 12.4. The van der Waals surface area contributed by atoms with Crippen LogP contribution in [0.25, 0.3) is 49.7 Å². The maximum Gasteiger partial charge on any atom is 0.123 e. The summed E-state index contributed by atoms with van der Waals surface area (Å²) in [7, 11) is 0. The highest BCUT2D eigenvalue weighted by atomic mass is 79.9. The molecule has 148 valence electrons. The highest BCUT2D eigenvalue weighted by molar-refractivity contribution is 9.10. The smallest absolute Gasteiger partial charge is 0.123 e. The molecule has 0 spiro atoms. The van der Waals surface area contributed by atoms with Crippen molar-refractivity contribution in [3.05, 3.63) is 95.0 Å². The summed E-state index contributed by atoms with van der Waals surface area (Å²) in [5.74, 6) is 0. The van der Waals surface area contributed by atoms with E-state index in [1.165, 1.54) is 0 Å². The van der Waals surface area contributed by atoms with Crippen LogP contribution in [-0.4, -0.2) is 20.0 Å². The largest absolute Gasteiger partial charge is 0.247 e. The molecule has 0 saturated carbocycles. The Kier molecular flexibility index (Phi) is 4.11. The van der Waals surface area contributed by atoms with Crippen LogP contribution >= 0.6 is 15.9 Å². The molecule has 4 aromatic carbocycles. The molecule has 5 heteroatoms. The Morgan fingerprint density at radius 2 is 1.48 bits per heavy atom. The van der Waals surface area contributed by atoms with Crippen LogP contribution in [0.15, 0.2) is 89.4 Å². The van der Waals surface area contributed by atoms with E-state index in [9.17, 15) is 0 Å². The molecule has 0 aliphatic carbocycles. The van der Waals surface area contributed by atoms with Crippen LogP contribution in [0.3, 0.4) is 0 Å². The number of benzene rings is 4. The number of nitrogens with zero attached hydrogens (tertiary/aromatic N) is 4. The lowest BCUT2D eigenvalue weighted by Crippen LogP contribution is -1.97. The standard InChI is InChI=1S/C26H17BrN4/c1-16-15-22(20-13-7-8-14-21(20)27)28-24-18-11-5-6-12-19(18)26-25(23(16)24)29-30-31(26)17-9-3-2-4-10-17/h2-15H,1H3. The maximum absolute atomic E-state index is 5.12. The van der Waals surface area contributed by atoms with Gasteiger partial charge in [-0.15, -0.1) is 5.10 Å². The Labute approximate surface area is 187 Å². The van der Waals surface area contributed by atoms with Gasteiger partial charge in [-0.25, -0.2) is 9.67 Å². The number of halogens is 1. The van der Waals surface area contributed by atoms with Crippen LogP contribution in [0, 0.1) is 6.92 Å². The number of aromatic nitrogens is 4. The van der Waals surface area contributed by atoms with E-state index in [-0.39, 0.29) is 0 Å². The SMILES string of the molecule is Cc1cc(-c2ccccc2Br)nc2c3ccccc3c3c(nnn3-c3ccccc3)c12. The van der Waals surface area contributed by atoms with E-state index in [0.717, 1.165) is 59.7 Å². The second-order valence-electron chi connectivity index (χ2n) is 7.61. The summed E-state index contributed by atoms with van der Waals surface area (Å²) in [6, 6.07) is 28.8. The van der Waals surface area contributed by atoms with Crippen molar-refractivity contribution in [3.63, 3.8) is 0 Å². The summed E-state index contributed by atoms with van der Waals surface area (Å²) in [6.07, 6.45) is 0. The van der Waals surface area contributed by atoms with Gasteiger partial charge in [0.2, 0.25) is 0 Å². The number of pyridine rings is 1. The third kappa shape index (κ3) is 2.77. The number of hydrogen-bond acceptors (Lipinski definition) is 3. The lowest BCUT2D eigenvalue weighted by atomic mass is 9.99. The van der Waals surface area contributed by atoms with Gasteiger partial charge in [0.1, 0.15) is 11.0 Å². The third-order valence-electron chi connectivity index (χ3n) is 5.71. The minimum Gasteiger partial charge on any atom is -0.247 e. The predicted octanol–water partition coefficient (Wildman–Crippen LogP) is 6.86. The number of aryl methyl sites for hydroxylation is 1. The van der Waals surface area contributed by atoms with Crippen molar-refractivity contribution in [2.24, 2.45) is 0 Å². The second-order valence-corrected chi connectivity index (χ2v) is 8.46. The van der Waals surface area contributed by atoms with Crippen molar-refractivity contribution in [2.75, 3.05) is 0 Å². The van der Waals surface area contributed by atoms with Crippen molar-refractivity contribution in [1.29, 1.82) is 0 Å². The topological polar surface area (TPSA) is 43.6 Å². The third-order valence-corrected chi connectivity index (χ3v) is 6.40. The fourth-order valence-electron chi connectivity index (χ4n) is 4.31. The first-order chi connectivity index (χ1) is 15.2. The Bertz CT molecular complexity index is 1600. The minimum atomic E-state index is 0.876. The molecule has 2 aromatic heterocycles. The number of hydrogen-bond donors (Lipinski definition) is 0. The number of rotatable bonds is 2. The molecule has 0 aliphatic heterocycles. The van der Waals surface area contributed by atoms with Crippen molar-refractivity contribution < 1.29 is 0 Å². The van der Waals surface area contributed by atoms with Crippen LogP contribution in [-0.2, 0) is 0 Å². The van der Waals surface area contributed by atoms with Gasteiger partial charge >= 0.3 is 0 Å². The van der Waals surface area contributed by atoms with Gasteiger partial charge in [0.25, 0.3) is 0 Å². The first-order valence-corrected chi connectivity index (χ1v) is 10.9. The normalized spacial score (nSPS) is 11.5. The lowest BCUT2D eigenvalue weighted by Gasteiger charge is -2.12. The summed E-state index contributed by atoms with van der Waals surface area (Å²) >= 11 is 3.67. The average molecular weight is 465 g/mol. The fourth-order valence-corrected chi connectivity index (χ4v) is 4.80. The lowest BCUT2D eigenvalue weighted by molar-refractivity contribution is 0.825. The molecule has 6 rings (SSSR count). The average Bonchev–Trinajstić information content (AvgIpc) is 3.25. The Balaban J connectivity index is 1.77. The Hall–Kier alpha value is -3.57. The van der Waals surface area contributed by atoms with E-state index >= 15 is 0 Å². The van der Waals surface area contributed by atoms with Crippen LogP contribution in [0.1, 0.15) is 5.56 Å². The van der Waals surface area contributed by atoms with Crippen molar-refractivity contribution in [3.8, 4) is 16.9 Å². The molecule has 0 bridgehead atoms. The van der Waals surface area contributed by atoms with Gasteiger partial charge in [-0.1, -0.05) is 81.8 Å². The first kappa shape index (κ1) is 18.2. The van der Waals surface area contributed by atoms with Crippen LogP contribution in [0.5, 0.6) is 0 Å². The summed E-state index contributed by atoms with van der Waals surface area (Å²) in [6.45, 7) is 2.13. The van der Waals surface area contributed by atoms with Gasteiger partial charge < -0.3 is 0 Å². The summed E-state index contributed by atoms with van der Waals surface area (Å²) in [4.78, 5) is 5.12. The molecule has 0 radical (unpaired) electrons. The Morgan fingerprint density at radius 3 is 2.29 bits per heavy atom. The molecule has 0 fully saturated rings. The molecule has 0 saturated heterocycles. The zero-order valence-corrected chi connectivity index (χ0v) is 18.3. The van der Waals surface area contributed by atoms with Gasteiger partial charge in [0.05, 0.1) is 16.9 Å². The van der Waals surface area contributed by atoms with Crippen molar-refractivity contribution in [1.82, 2.24) is 20.0 Å². The molecular weight excluding hydrogens is 448 g/mol. The fraction of sp³-hybridized carbons (Fsp3) is 0.0385. The van der Waals surface area contributed by atoms with Crippen LogP contribution in [0.4, 0.5) is 0 Å². The van der Waals surface area contributed by atoms with Crippen molar-refractivity contribution >= 4 is 48.6 Å². The van der Waals surface area contributed by atoms with E-state index in [4.69, 9.17) is 4.98 Å². The Morgan fingerprint density at radius 1 is 0.774 bits per heavy atom. The first-order valence-electron chi connectivity index (χ1n) is 10.1. The molecule has 0 N–H and O–H groups in total. The second kappa shape index (κ2) is 7.00. The van der Waals surface area contributed by atoms with Gasteiger partial charge in [0, 0.05) is 26.2 Å². The molecule has 4 nitrogen and oxygen atoms in total. The molecule has 0 aliphatic rings. The van der Waals surface area contributed by atoms with Gasteiger partial charge in [-0.3, -0.25) is 0 Å². The monoisotopic (exact) mass is 464 g/mol. The number of para-hydroxylation sites is 1. The van der Waals surface area contributed by atoms with Gasteiger partial charge in [0.15, 0.2) is 0 Å². The van der Waals surface area contributed by atoms with Gasteiger partial charge in [-0.2, -0.15) is 0 Å². The van der Waals surface area contributed by atoms with Crippen LogP contribution < -0.4 is 0 Å². The van der Waals surface area contributed by atoms with Crippen LogP contribution in [0.2, 0.25) is 0 Å². The molecular formula is C26H17BrN4. The van der Waals surface area contributed by atoms with E-state index in [1.54, 1.807) is 0 Å². The van der Waals surface area contributed by atoms with Gasteiger partial charge in [-0.05, 0) is 36.8 Å². The quantitative estimate of drug-likeness (QED) is 0.263. The molecule has 0 atom stereocenters. The predicted molar refractivity (Wildman–Crippen MR) is 130 cm³/mol. The molecule has 0 amide bonds. The van der Waals surface area contributed by atoms with E-state index in [2.05, 4.69) is 69.6 Å². The highest BCUT2D eigenvalue weighted by Gasteiger charge is 2.19. The maximum atomic E-state index is 5.12. The molecule has 31 heavy (non-hydrogen) atoms. The minimum absolute atomic E-state index is 0.876. The summed E-state index contributed by atoms with van der Waals surface area (Å²) < 4.78 is 2.96. The zero-order chi connectivity index (χ0) is 20.9. The number of fused-ring (bicyclic) bond motifs is 6. The molecule has 0 unspecified atom stereocenters. The van der Waals surface area contributed by atoms with E-state index < -0.39 is 0 Å². The molecule has 6 aromatic rings. The van der Waals surface area contributed by atoms with E-state index in [1.807, 2.05) is 53.2 Å². The molecule has 2 heterocycles. The van der Waals surface area contributed by atoms with E-state index in [0.29, 0.717) is 0 Å².